The summed E-state index contributed by atoms with van der Waals surface area (Å²) in [6.07, 6.45) is 2.65. The minimum Gasteiger partial charge on any atom is -0.492 e. The maximum absolute atomic E-state index is 6.46. The molecule has 1 atom stereocenters. The number of H-pyrrole nitrogens is 1. The van der Waals surface area contributed by atoms with Crippen molar-refractivity contribution in [2.75, 3.05) is 6.61 Å². The molecular formula is C20H25ClN4O. The van der Waals surface area contributed by atoms with Crippen LogP contribution in [0.1, 0.15) is 33.0 Å². The number of imidazole rings is 1. The van der Waals surface area contributed by atoms with Crippen molar-refractivity contribution in [3.63, 3.8) is 0 Å². The first kappa shape index (κ1) is 18.7. The summed E-state index contributed by atoms with van der Waals surface area (Å²) >= 11 is 6.46. The normalized spacial score (nSPS) is 13.2. The summed E-state index contributed by atoms with van der Waals surface area (Å²) in [4.78, 5) is 12.0. The van der Waals surface area contributed by atoms with E-state index in [0.29, 0.717) is 23.3 Å². The highest BCUT2D eigenvalue weighted by molar-refractivity contribution is 6.32. The van der Waals surface area contributed by atoms with Gasteiger partial charge in [0.05, 0.1) is 11.6 Å². The first-order valence-electron chi connectivity index (χ1n) is 8.76. The van der Waals surface area contributed by atoms with Gasteiger partial charge >= 0.3 is 0 Å². The highest BCUT2D eigenvalue weighted by Gasteiger charge is 2.17. The number of aryl methyl sites for hydroxylation is 1. The fourth-order valence-corrected chi connectivity index (χ4v) is 3.47. The number of nitrogens with one attached hydrogen (secondary N) is 1. The van der Waals surface area contributed by atoms with E-state index in [1.54, 1.807) is 6.20 Å². The second-order valence-electron chi connectivity index (χ2n) is 7.63. The minimum atomic E-state index is -0.204. The summed E-state index contributed by atoms with van der Waals surface area (Å²) in [5, 5.41) is 0.582. The summed E-state index contributed by atoms with van der Waals surface area (Å²) in [7, 11) is 0. The van der Waals surface area contributed by atoms with Crippen molar-refractivity contribution >= 4 is 22.8 Å². The van der Waals surface area contributed by atoms with Gasteiger partial charge in [-0.2, -0.15) is 0 Å². The third-order valence-corrected chi connectivity index (χ3v) is 4.44. The molecule has 3 rings (SSSR count). The number of pyridine rings is 1. The summed E-state index contributed by atoms with van der Waals surface area (Å²) < 4.78 is 5.91. The Labute approximate surface area is 158 Å². The van der Waals surface area contributed by atoms with E-state index in [4.69, 9.17) is 22.1 Å². The first-order chi connectivity index (χ1) is 12.2. The van der Waals surface area contributed by atoms with Gasteiger partial charge in [0.2, 0.25) is 0 Å². The predicted octanol–water partition coefficient (Wildman–Crippen LogP) is 4.73. The number of aromatic amines is 1. The van der Waals surface area contributed by atoms with Gasteiger partial charge in [-0.25, -0.2) is 9.97 Å². The van der Waals surface area contributed by atoms with Crippen molar-refractivity contribution < 1.29 is 4.74 Å². The maximum Gasteiger partial charge on any atom is 0.157 e. The van der Waals surface area contributed by atoms with Crippen LogP contribution < -0.4 is 10.5 Å². The lowest BCUT2D eigenvalue weighted by molar-refractivity contribution is 0.229. The van der Waals surface area contributed by atoms with E-state index in [2.05, 4.69) is 21.9 Å². The van der Waals surface area contributed by atoms with Crippen molar-refractivity contribution in [1.82, 2.24) is 15.0 Å². The molecular weight excluding hydrogens is 348 g/mol. The van der Waals surface area contributed by atoms with Gasteiger partial charge in [0.15, 0.2) is 5.65 Å². The third kappa shape index (κ3) is 4.34. The molecule has 0 aliphatic heterocycles. The summed E-state index contributed by atoms with van der Waals surface area (Å²) in [5.74, 6) is 1.86. The average Bonchev–Trinajstić information content (AvgIpc) is 2.92. The van der Waals surface area contributed by atoms with E-state index >= 15 is 0 Å². The van der Waals surface area contributed by atoms with E-state index in [0.717, 1.165) is 34.5 Å². The number of benzene rings is 1. The Morgan fingerprint density at radius 2 is 2.08 bits per heavy atom. The van der Waals surface area contributed by atoms with Gasteiger partial charge in [-0.05, 0) is 56.9 Å². The summed E-state index contributed by atoms with van der Waals surface area (Å²) in [6.45, 7) is 8.68. The van der Waals surface area contributed by atoms with Gasteiger partial charge < -0.3 is 15.5 Å². The highest BCUT2D eigenvalue weighted by Crippen LogP contribution is 2.33. The molecule has 0 fully saturated rings. The van der Waals surface area contributed by atoms with Gasteiger partial charge in [0, 0.05) is 17.3 Å². The van der Waals surface area contributed by atoms with E-state index in [1.807, 2.05) is 45.0 Å². The predicted molar refractivity (Wildman–Crippen MR) is 107 cm³/mol. The van der Waals surface area contributed by atoms with Gasteiger partial charge in [-0.15, -0.1) is 0 Å². The Bertz CT molecular complexity index is 914. The van der Waals surface area contributed by atoms with E-state index < -0.39 is 0 Å². The molecule has 0 saturated carbocycles. The molecule has 0 saturated heterocycles. The molecule has 0 aliphatic carbocycles. The van der Waals surface area contributed by atoms with Crippen LogP contribution in [0.5, 0.6) is 5.75 Å². The molecule has 0 bridgehead atoms. The van der Waals surface area contributed by atoms with Gasteiger partial charge in [-0.1, -0.05) is 24.6 Å². The topological polar surface area (TPSA) is 76.8 Å². The summed E-state index contributed by atoms with van der Waals surface area (Å²) in [5.41, 5.74) is 9.46. The van der Waals surface area contributed by atoms with E-state index in [9.17, 15) is 0 Å². The first-order valence-corrected chi connectivity index (χ1v) is 9.13. The molecule has 0 radical (unpaired) electrons. The van der Waals surface area contributed by atoms with Crippen LogP contribution in [-0.4, -0.2) is 27.1 Å². The molecule has 0 unspecified atom stereocenters. The second-order valence-corrected chi connectivity index (χ2v) is 8.04. The number of aromatic nitrogens is 3. The van der Waals surface area contributed by atoms with Gasteiger partial charge in [-0.3, -0.25) is 0 Å². The van der Waals surface area contributed by atoms with Crippen molar-refractivity contribution in [2.24, 2.45) is 11.7 Å². The third-order valence-electron chi connectivity index (χ3n) is 4.14. The van der Waals surface area contributed by atoms with Crippen LogP contribution in [0.25, 0.3) is 22.3 Å². The monoisotopic (exact) mass is 372 g/mol. The lowest BCUT2D eigenvalue weighted by atomic mass is 9.93. The molecule has 3 N–H and O–H groups in total. The Kier molecular flexibility index (Phi) is 5.21. The maximum atomic E-state index is 6.46. The lowest BCUT2D eigenvalue weighted by Gasteiger charge is -2.23. The molecule has 3 aromatic rings. The molecule has 26 heavy (non-hydrogen) atoms. The van der Waals surface area contributed by atoms with Gasteiger partial charge in [0.25, 0.3) is 0 Å². The van der Waals surface area contributed by atoms with E-state index in [-0.39, 0.29) is 5.54 Å². The van der Waals surface area contributed by atoms with Crippen LogP contribution in [0.4, 0.5) is 0 Å². The minimum absolute atomic E-state index is 0.204. The zero-order chi connectivity index (χ0) is 18.9. The molecule has 0 amide bonds. The molecule has 1 aromatic carbocycles. The van der Waals surface area contributed by atoms with Crippen molar-refractivity contribution in [3.05, 3.63) is 41.3 Å². The lowest BCUT2D eigenvalue weighted by Crippen LogP contribution is -2.35. The second kappa shape index (κ2) is 7.25. The molecule has 2 heterocycles. The molecule has 5 nitrogen and oxygen atoms in total. The number of hydrogen-bond donors (Lipinski definition) is 2. The quantitative estimate of drug-likeness (QED) is 0.655. The van der Waals surface area contributed by atoms with Crippen LogP contribution in [0.3, 0.4) is 0 Å². The number of nitrogens with zero attached hydrogens (tertiary/aromatic N) is 2. The number of ether oxygens (including phenoxy) is 1. The molecule has 2 aromatic heterocycles. The SMILES string of the molecule is Cc1nc2c(-c3ccc(OC[C@@H](C)CC(C)(C)N)c(Cl)c3)ccnc2[nH]1. The number of nitrogens with two attached hydrogens (primary N) is 1. The Morgan fingerprint density at radius 1 is 1.31 bits per heavy atom. The number of halogens is 1. The number of fused-ring (bicyclic) bond motifs is 1. The Morgan fingerprint density at radius 3 is 2.77 bits per heavy atom. The Hall–Kier alpha value is -2.11. The highest BCUT2D eigenvalue weighted by atomic mass is 35.5. The molecule has 0 aliphatic rings. The van der Waals surface area contributed by atoms with Crippen LogP contribution in [-0.2, 0) is 0 Å². The van der Waals surface area contributed by atoms with Crippen molar-refractivity contribution in [2.45, 2.75) is 39.7 Å². The zero-order valence-electron chi connectivity index (χ0n) is 15.6. The van der Waals surface area contributed by atoms with Crippen molar-refractivity contribution in [1.29, 1.82) is 0 Å². The average molecular weight is 373 g/mol. The fraction of sp³-hybridized carbons (Fsp3) is 0.400. The summed E-state index contributed by atoms with van der Waals surface area (Å²) in [6, 6.07) is 7.76. The van der Waals surface area contributed by atoms with Crippen molar-refractivity contribution in [3.8, 4) is 16.9 Å². The number of hydrogen-bond acceptors (Lipinski definition) is 4. The fourth-order valence-electron chi connectivity index (χ4n) is 3.23. The van der Waals surface area contributed by atoms with Crippen LogP contribution in [0.2, 0.25) is 5.02 Å². The van der Waals surface area contributed by atoms with Crippen LogP contribution in [0.15, 0.2) is 30.5 Å². The van der Waals surface area contributed by atoms with Gasteiger partial charge in [0.1, 0.15) is 17.1 Å². The zero-order valence-corrected chi connectivity index (χ0v) is 16.4. The van der Waals surface area contributed by atoms with Crippen LogP contribution >= 0.6 is 11.6 Å². The molecule has 0 spiro atoms. The Balaban J connectivity index is 1.79. The largest absolute Gasteiger partial charge is 0.492 e. The molecule has 6 heteroatoms. The van der Waals surface area contributed by atoms with E-state index in [1.165, 1.54) is 0 Å². The van der Waals surface area contributed by atoms with Crippen LogP contribution in [0, 0.1) is 12.8 Å². The standard InChI is InChI=1S/C20H25ClN4O/c1-12(10-20(3,4)22)11-26-17-6-5-14(9-16(17)21)15-7-8-23-19-18(15)24-13(2)25-19/h5-9,12H,10-11,22H2,1-4H3,(H,23,24,25)/t12-/m0/s1. The number of rotatable bonds is 6. The molecule has 138 valence electrons. The smallest absolute Gasteiger partial charge is 0.157 e.